The third kappa shape index (κ3) is 5.35. The molecule has 1 aromatic rings. The van der Waals surface area contributed by atoms with Gasteiger partial charge in [-0.1, -0.05) is 19.1 Å². The van der Waals surface area contributed by atoms with Gasteiger partial charge in [-0.25, -0.2) is 0 Å². The molecule has 1 aromatic carbocycles. The van der Waals surface area contributed by atoms with Crippen LogP contribution in [0.25, 0.3) is 0 Å². The van der Waals surface area contributed by atoms with Crippen molar-refractivity contribution in [3.05, 3.63) is 29.8 Å². The molecule has 0 heterocycles. The maximum Gasteiger partial charge on any atom is 0.460 e. The van der Waals surface area contributed by atoms with Gasteiger partial charge in [-0.05, 0) is 38.0 Å². The number of ether oxygens (including phenoxy) is 2. The minimum absolute atomic E-state index is 0.123. The third-order valence-corrected chi connectivity index (χ3v) is 5.78. The summed E-state index contributed by atoms with van der Waals surface area (Å²) in [6.07, 6.45) is -10.1. The quantitative estimate of drug-likeness (QED) is 0.228. The Kier molecular flexibility index (Phi) is 9.07. The summed E-state index contributed by atoms with van der Waals surface area (Å²) in [4.78, 5) is 0. The minimum Gasteiger partial charge on any atom is -0.491 e. The number of hydrogen-bond donors (Lipinski definition) is 0. The van der Waals surface area contributed by atoms with Crippen LogP contribution in [0.5, 0.6) is 5.75 Å². The Labute approximate surface area is 206 Å². The molecule has 0 spiro atoms. The van der Waals surface area contributed by atoms with Gasteiger partial charge in [0.15, 0.2) is 0 Å². The lowest BCUT2D eigenvalue weighted by Gasteiger charge is -2.43. The molecular weight excluding hydrogens is 569 g/mol. The van der Waals surface area contributed by atoms with Gasteiger partial charge >= 0.3 is 41.7 Å². The van der Waals surface area contributed by atoms with Crippen molar-refractivity contribution in [1.82, 2.24) is 0 Å². The third-order valence-electron chi connectivity index (χ3n) is 5.78. The zero-order chi connectivity index (χ0) is 30.4. The second-order valence-corrected chi connectivity index (χ2v) is 8.55. The van der Waals surface area contributed by atoms with E-state index >= 15 is 0 Å². The summed E-state index contributed by atoms with van der Waals surface area (Å²) in [5.41, 5.74) is -3.19. The molecule has 0 bridgehead atoms. The highest BCUT2D eigenvalue weighted by molar-refractivity contribution is 5.31. The zero-order valence-electron chi connectivity index (χ0n) is 19.8. The van der Waals surface area contributed by atoms with Gasteiger partial charge < -0.3 is 9.47 Å². The van der Waals surface area contributed by atoms with Crippen molar-refractivity contribution >= 4 is 0 Å². The highest BCUT2D eigenvalue weighted by Crippen LogP contribution is 2.63. The standard InChI is InChI=1S/C21H21F15O2/c1-5-11(2)38-13-8-6-12(7-9-13)14(3,37-4)10-15(22,23)16(24,25)17(26,27)18(28,29)19(30,31)20(32,33)21(34,35)36/h6-9,11H,5,10H2,1-4H3. The fourth-order valence-corrected chi connectivity index (χ4v) is 3.03. The summed E-state index contributed by atoms with van der Waals surface area (Å²) in [6.45, 7) is 3.97. The van der Waals surface area contributed by atoms with Crippen LogP contribution in [0.2, 0.25) is 0 Å². The summed E-state index contributed by atoms with van der Waals surface area (Å²) < 4.78 is 212. The van der Waals surface area contributed by atoms with Crippen molar-refractivity contribution < 1.29 is 75.3 Å². The van der Waals surface area contributed by atoms with E-state index in [1.807, 2.05) is 0 Å². The predicted molar refractivity (Wildman–Crippen MR) is 102 cm³/mol. The number of benzene rings is 1. The topological polar surface area (TPSA) is 18.5 Å². The molecule has 0 amide bonds. The van der Waals surface area contributed by atoms with Crippen LogP contribution in [0, 0.1) is 0 Å². The van der Waals surface area contributed by atoms with Crippen molar-refractivity contribution in [2.24, 2.45) is 0 Å². The van der Waals surface area contributed by atoms with E-state index in [0.717, 1.165) is 24.3 Å². The SMILES string of the molecule is CCC(C)Oc1ccc(C(C)(CC(F)(F)C(F)(F)C(F)(F)C(F)(F)C(F)(F)C(F)(F)C(F)(F)F)OC)cc1. The molecule has 38 heavy (non-hydrogen) atoms. The number of hydrogen-bond acceptors (Lipinski definition) is 2. The summed E-state index contributed by atoms with van der Waals surface area (Å²) in [5.74, 6) is -46.7. The highest BCUT2D eigenvalue weighted by atomic mass is 19.4. The van der Waals surface area contributed by atoms with Gasteiger partial charge in [0.2, 0.25) is 0 Å². The summed E-state index contributed by atoms with van der Waals surface area (Å²) in [5, 5.41) is 0. The Balaban J connectivity index is 3.50. The lowest BCUT2D eigenvalue weighted by Crippen LogP contribution is -2.72. The summed E-state index contributed by atoms with van der Waals surface area (Å²) >= 11 is 0. The predicted octanol–water partition coefficient (Wildman–Crippen LogP) is 8.49. The first-order valence-corrected chi connectivity index (χ1v) is 10.4. The average Bonchev–Trinajstić information content (AvgIpc) is 2.77. The number of rotatable bonds is 12. The van der Waals surface area contributed by atoms with Gasteiger partial charge in [0, 0.05) is 7.11 Å². The molecule has 0 N–H and O–H groups in total. The van der Waals surface area contributed by atoms with Gasteiger partial charge in [-0.2, -0.15) is 65.9 Å². The van der Waals surface area contributed by atoms with Gasteiger partial charge in [-0.3, -0.25) is 0 Å². The van der Waals surface area contributed by atoms with Gasteiger partial charge in [0.05, 0.1) is 18.1 Å². The molecule has 0 aliphatic rings. The van der Waals surface area contributed by atoms with Crippen LogP contribution in [0.3, 0.4) is 0 Å². The molecule has 0 aromatic heterocycles. The van der Waals surface area contributed by atoms with Crippen LogP contribution in [-0.4, -0.2) is 54.9 Å². The van der Waals surface area contributed by atoms with Crippen LogP contribution in [-0.2, 0) is 10.3 Å². The number of methoxy groups -OCH3 is 1. The molecule has 0 fully saturated rings. The summed E-state index contributed by atoms with van der Waals surface area (Å²) in [7, 11) is 0.600. The average molecular weight is 590 g/mol. The monoisotopic (exact) mass is 590 g/mol. The van der Waals surface area contributed by atoms with E-state index in [0.29, 0.717) is 20.5 Å². The van der Waals surface area contributed by atoms with Gasteiger partial charge in [0.1, 0.15) is 5.75 Å². The van der Waals surface area contributed by atoms with Crippen molar-refractivity contribution in [3.8, 4) is 5.75 Å². The van der Waals surface area contributed by atoms with Crippen molar-refractivity contribution in [2.45, 2.75) is 87.0 Å². The van der Waals surface area contributed by atoms with E-state index in [1.54, 1.807) is 13.8 Å². The lowest BCUT2D eigenvalue weighted by molar-refractivity contribution is -0.453. The van der Waals surface area contributed by atoms with Gasteiger partial charge in [-0.15, -0.1) is 0 Å². The van der Waals surface area contributed by atoms with Crippen LogP contribution in [0.15, 0.2) is 24.3 Å². The molecule has 1 rings (SSSR count). The van der Waals surface area contributed by atoms with Crippen LogP contribution in [0.4, 0.5) is 65.9 Å². The molecule has 0 saturated heterocycles. The molecule has 17 heteroatoms. The number of halogens is 15. The normalized spacial score (nSPS) is 17.2. The highest BCUT2D eigenvalue weighted by Gasteiger charge is 2.93. The molecule has 0 saturated carbocycles. The molecular formula is C21H21F15O2. The Morgan fingerprint density at radius 3 is 1.42 bits per heavy atom. The Hall–Kier alpha value is -2.07. The second kappa shape index (κ2) is 10.2. The van der Waals surface area contributed by atoms with Gasteiger partial charge in [0.25, 0.3) is 0 Å². The number of alkyl halides is 15. The van der Waals surface area contributed by atoms with E-state index in [2.05, 4.69) is 4.74 Å². The second-order valence-electron chi connectivity index (χ2n) is 8.55. The maximum atomic E-state index is 14.5. The van der Waals surface area contributed by atoms with Crippen molar-refractivity contribution in [3.63, 3.8) is 0 Å². The van der Waals surface area contributed by atoms with E-state index in [9.17, 15) is 65.9 Å². The first kappa shape index (κ1) is 34.0. The fraction of sp³-hybridized carbons (Fsp3) is 0.714. The van der Waals surface area contributed by atoms with Crippen LogP contribution in [0.1, 0.15) is 39.2 Å². The molecule has 222 valence electrons. The van der Waals surface area contributed by atoms with Crippen LogP contribution >= 0.6 is 0 Å². The van der Waals surface area contributed by atoms with Crippen LogP contribution < -0.4 is 4.74 Å². The summed E-state index contributed by atoms with van der Waals surface area (Å²) in [6, 6.07) is 4.08. The first-order chi connectivity index (χ1) is 16.7. The Morgan fingerprint density at radius 1 is 0.658 bits per heavy atom. The minimum atomic E-state index is -8.33. The van der Waals surface area contributed by atoms with E-state index in [4.69, 9.17) is 4.74 Å². The Morgan fingerprint density at radius 2 is 1.05 bits per heavy atom. The molecule has 2 nitrogen and oxygen atoms in total. The fourth-order valence-electron chi connectivity index (χ4n) is 3.03. The Bertz CT molecular complexity index is 941. The molecule has 0 aliphatic heterocycles. The van der Waals surface area contributed by atoms with E-state index in [-0.39, 0.29) is 11.9 Å². The smallest absolute Gasteiger partial charge is 0.460 e. The largest absolute Gasteiger partial charge is 0.491 e. The van der Waals surface area contributed by atoms with E-state index in [1.165, 1.54) is 0 Å². The van der Waals surface area contributed by atoms with Crippen molar-refractivity contribution in [2.75, 3.05) is 7.11 Å². The molecule has 0 radical (unpaired) electrons. The molecule has 0 aliphatic carbocycles. The van der Waals surface area contributed by atoms with Crippen molar-refractivity contribution in [1.29, 1.82) is 0 Å². The molecule has 2 unspecified atom stereocenters. The zero-order valence-corrected chi connectivity index (χ0v) is 19.8. The maximum absolute atomic E-state index is 14.5. The van der Waals surface area contributed by atoms with E-state index < -0.39 is 59.3 Å². The first-order valence-electron chi connectivity index (χ1n) is 10.4. The lowest BCUT2D eigenvalue weighted by atomic mass is 9.83. The molecule has 2 atom stereocenters.